The van der Waals surface area contributed by atoms with Gasteiger partial charge < -0.3 is 5.32 Å². The highest BCUT2D eigenvalue weighted by molar-refractivity contribution is 9.10. The monoisotopic (exact) mass is 323 g/mol. The number of nitrogens with zero attached hydrogens (tertiary/aromatic N) is 2. The minimum absolute atomic E-state index is 0.0354. The van der Waals surface area contributed by atoms with E-state index in [1.54, 1.807) is 0 Å². The van der Waals surface area contributed by atoms with Crippen molar-refractivity contribution in [2.45, 2.75) is 24.8 Å². The zero-order valence-corrected chi connectivity index (χ0v) is 11.4. The number of nitro benzene ring substituents is 1. The SMILES string of the molecule is N#CC1(NC(=O)Cc2ccc([N+](=O)[O-])cc2Br)CC1. The van der Waals surface area contributed by atoms with E-state index >= 15 is 0 Å². The maximum Gasteiger partial charge on any atom is 0.270 e. The summed E-state index contributed by atoms with van der Waals surface area (Å²) in [5.74, 6) is -0.256. The van der Waals surface area contributed by atoms with Gasteiger partial charge in [0.15, 0.2) is 0 Å². The lowest BCUT2D eigenvalue weighted by Gasteiger charge is -2.09. The molecule has 0 radical (unpaired) electrons. The van der Waals surface area contributed by atoms with E-state index in [2.05, 4.69) is 27.3 Å². The molecule has 1 saturated carbocycles. The normalized spacial score (nSPS) is 15.4. The summed E-state index contributed by atoms with van der Waals surface area (Å²) in [6.07, 6.45) is 1.44. The van der Waals surface area contributed by atoms with Crippen LogP contribution in [0.4, 0.5) is 5.69 Å². The van der Waals surface area contributed by atoms with Crippen LogP contribution in [0.25, 0.3) is 0 Å². The molecule has 0 aliphatic heterocycles. The van der Waals surface area contributed by atoms with E-state index < -0.39 is 10.5 Å². The molecule has 1 aliphatic carbocycles. The van der Waals surface area contributed by atoms with Gasteiger partial charge in [-0.2, -0.15) is 5.26 Å². The third kappa shape index (κ3) is 3.09. The molecule has 1 N–H and O–H groups in total. The van der Waals surface area contributed by atoms with E-state index in [0.29, 0.717) is 22.9 Å². The largest absolute Gasteiger partial charge is 0.338 e. The summed E-state index contributed by atoms with van der Waals surface area (Å²) >= 11 is 3.21. The van der Waals surface area contributed by atoms with Crippen molar-refractivity contribution in [1.29, 1.82) is 5.26 Å². The van der Waals surface area contributed by atoms with Crippen LogP contribution in [0.2, 0.25) is 0 Å². The van der Waals surface area contributed by atoms with Crippen molar-refractivity contribution in [3.63, 3.8) is 0 Å². The summed E-state index contributed by atoms with van der Waals surface area (Å²) in [5.41, 5.74) is -0.0757. The second-order valence-electron chi connectivity index (χ2n) is 4.45. The van der Waals surface area contributed by atoms with E-state index in [1.165, 1.54) is 18.2 Å². The molecule has 1 aromatic carbocycles. The van der Waals surface area contributed by atoms with Crippen molar-refractivity contribution in [3.05, 3.63) is 38.3 Å². The van der Waals surface area contributed by atoms with Crippen molar-refractivity contribution in [1.82, 2.24) is 5.32 Å². The summed E-state index contributed by atoms with van der Waals surface area (Å²) in [6, 6.07) is 6.32. The fraction of sp³-hybridized carbons (Fsp3) is 0.333. The van der Waals surface area contributed by atoms with Gasteiger partial charge in [-0.05, 0) is 18.4 Å². The Morgan fingerprint density at radius 2 is 2.26 bits per heavy atom. The molecule has 0 spiro atoms. The molecule has 0 bridgehead atoms. The lowest BCUT2D eigenvalue weighted by atomic mass is 10.1. The Kier molecular flexibility index (Phi) is 3.53. The fourth-order valence-electron chi connectivity index (χ4n) is 1.67. The molecule has 0 aromatic heterocycles. The highest BCUT2D eigenvalue weighted by Gasteiger charge is 2.44. The molecule has 0 heterocycles. The molecular formula is C12H10BrN3O3. The second-order valence-corrected chi connectivity index (χ2v) is 5.31. The number of benzene rings is 1. The summed E-state index contributed by atoms with van der Waals surface area (Å²) in [7, 11) is 0. The van der Waals surface area contributed by atoms with Gasteiger partial charge >= 0.3 is 0 Å². The van der Waals surface area contributed by atoms with Gasteiger partial charge in [0.2, 0.25) is 5.91 Å². The Bertz CT molecular complexity index is 590. The van der Waals surface area contributed by atoms with Gasteiger partial charge in [0.1, 0.15) is 5.54 Å². The van der Waals surface area contributed by atoms with Crippen molar-refractivity contribution in [2.75, 3.05) is 0 Å². The fourth-order valence-corrected chi connectivity index (χ4v) is 2.17. The van der Waals surface area contributed by atoms with Crippen LogP contribution < -0.4 is 5.32 Å². The van der Waals surface area contributed by atoms with Gasteiger partial charge in [-0.1, -0.05) is 22.0 Å². The van der Waals surface area contributed by atoms with E-state index in [9.17, 15) is 14.9 Å². The van der Waals surface area contributed by atoms with E-state index in [0.717, 1.165) is 0 Å². The lowest BCUT2D eigenvalue weighted by Crippen LogP contribution is -2.36. The van der Waals surface area contributed by atoms with Crippen LogP contribution in [-0.2, 0) is 11.2 Å². The number of hydrogen-bond donors (Lipinski definition) is 1. The van der Waals surface area contributed by atoms with Crippen LogP contribution in [0.1, 0.15) is 18.4 Å². The van der Waals surface area contributed by atoms with Crippen molar-refractivity contribution < 1.29 is 9.72 Å². The van der Waals surface area contributed by atoms with Crippen molar-refractivity contribution in [2.24, 2.45) is 0 Å². The van der Waals surface area contributed by atoms with Crippen LogP contribution in [0.3, 0.4) is 0 Å². The van der Waals surface area contributed by atoms with Gasteiger partial charge in [-0.25, -0.2) is 0 Å². The quantitative estimate of drug-likeness (QED) is 0.677. The Morgan fingerprint density at radius 1 is 1.58 bits per heavy atom. The number of rotatable bonds is 4. The molecule has 1 fully saturated rings. The average molecular weight is 324 g/mol. The Morgan fingerprint density at radius 3 is 2.74 bits per heavy atom. The molecule has 0 unspecified atom stereocenters. The number of nitro groups is 1. The Balaban J connectivity index is 2.05. The highest BCUT2D eigenvalue weighted by atomic mass is 79.9. The number of halogens is 1. The summed E-state index contributed by atoms with van der Waals surface area (Å²) in [6.45, 7) is 0. The summed E-state index contributed by atoms with van der Waals surface area (Å²) in [5, 5.41) is 22.1. The van der Waals surface area contributed by atoms with E-state index in [4.69, 9.17) is 5.26 Å². The Labute approximate surface area is 117 Å². The number of hydrogen-bond acceptors (Lipinski definition) is 4. The summed E-state index contributed by atoms with van der Waals surface area (Å²) < 4.78 is 0.513. The molecule has 7 heteroatoms. The molecule has 98 valence electrons. The first kappa shape index (κ1) is 13.5. The second kappa shape index (κ2) is 4.97. The van der Waals surface area contributed by atoms with Crippen LogP contribution in [0.5, 0.6) is 0 Å². The number of amides is 1. The van der Waals surface area contributed by atoms with E-state index in [1.807, 2.05) is 0 Å². The van der Waals surface area contributed by atoms with Crippen LogP contribution in [0.15, 0.2) is 22.7 Å². The molecule has 0 saturated heterocycles. The molecule has 1 aromatic rings. The minimum Gasteiger partial charge on any atom is -0.338 e. The van der Waals surface area contributed by atoms with Crippen molar-refractivity contribution in [3.8, 4) is 6.07 Å². The number of nitriles is 1. The third-order valence-electron chi connectivity index (χ3n) is 2.94. The lowest BCUT2D eigenvalue weighted by molar-refractivity contribution is -0.384. The smallest absolute Gasteiger partial charge is 0.270 e. The summed E-state index contributed by atoms with van der Waals surface area (Å²) in [4.78, 5) is 21.9. The molecule has 6 nitrogen and oxygen atoms in total. The minimum atomic E-state index is -0.690. The first-order chi connectivity index (χ1) is 8.96. The predicted octanol–water partition coefficient (Wildman–Crippen LogP) is 2.07. The van der Waals surface area contributed by atoms with E-state index in [-0.39, 0.29) is 18.0 Å². The maximum atomic E-state index is 11.8. The number of non-ortho nitro benzene ring substituents is 1. The standard InChI is InChI=1S/C12H10BrN3O3/c13-10-6-9(16(18)19)2-1-8(10)5-11(17)15-12(7-14)3-4-12/h1-2,6H,3-5H2,(H,15,17). The van der Waals surface area contributed by atoms with Crippen molar-refractivity contribution >= 4 is 27.5 Å². The number of nitrogens with one attached hydrogen (secondary N) is 1. The van der Waals surface area contributed by atoms with Crippen LogP contribution >= 0.6 is 15.9 Å². The van der Waals surface area contributed by atoms with Gasteiger partial charge in [-0.3, -0.25) is 14.9 Å². The molecule has 19 heavy (non-hydrogen) atoms. The molecule has 1 amide bonds. The molecule has 1 aliphatic rings. The first-order valence-corrected chi connectivity index (χ1v) is 6.40. The van der Waals surface area contributed by atoms with Gasteiger partial charge in [-0.15, -0.1) is 0 Å². The van der Waals surface area contributed by atoms with Gasteiger partial charge in [0, 0.05) is 16.6 Å². The highest BCUT2D eigenvalue weighted by Crippen LogP contribution is 2.34. The predicted molar refractivity (Wildman–Crippen MR) is 70.2 cm³/mol. The van der Waals surface area contributed by atoms with Gasteiger partial charge in [0.05, 0.1) is 17.4 Å². The first-order valence-electron chi connectivity index (χ1n) is 5.61. The van der Waals surface area contributed by atoms with Gasteiger partial charge in [0.25, 0.3) is 5.69 Å². The zero-order chi connectivity index (χ0) is 14.0. The Hall–Kier alpha value is -1.94. The molecule has 0 atom stereocenters. The third-order valence-corrected chi connectivity index (χ3v) is 3.68. The van der Waals surface area contributed by atoms with Crippen LogP contribution in [-0.4, -0.2) is 16.4 Å². The zero-order valence-electron chi connectivity index (χ0n) is 9.85. The topological polar surface area (TPSA) is 96.0 Å². The maximum absolute atomic E-state index is 11.8. The van der Waals surface area contributed by atoms with Crippen LogP contribution in [0, 0.1) is 21.4 Å². The average Bonchev–Trinajstić information content (AvgIpc) is 3.12. The number of carbonyl (C=O) groups is 1. The molecule has 2 rings (SSSR count). The molecular weight excluding hydrogens is 314 g/mol. The number of carbonyl (C=O) groups excluding carboxylic acids is 1.